The van der Waals surface area contributed by atoms with Gasteiger partial charge in [0.2, 0.25) is 0 Å². The molecule has 31 heavy (non-hydrogen) atoms. The van der Waals surface area contributed by atoms with Gasteiger partial charge in [-0.3, -0.25) is 0 Å². The Bertz CT molecular complexity index is 1180. The minimum absolute atomic E-state index is 0.325. The molecule has 3 atom stereocenters. The minimum atomic E-state index is 0.325. The van der Waals surface area contributed by atoms with E-state index in [0.717, 1.165) is 25.0 Å². The first-order valence-electron chi connectivity index (χ1n) is 11.4. The summed E-state index contributed by atoms with van der Waals surface area (Å²) in [6, 6.07) is 13.6. The summed E-state index contributed by atoms with van der Waals surface area (Å²) in [5.74, 6) is 2.18. The molecule has 0 fully saturated rings. The third kappa shape index (κ3) is 3.28. The molecule has 2 aromatic carbocycles. The van der Waals surface area contributed by atoms with E-state index in [2.05, 4.69) is 61.5 Å². The maximum atomic E-state index is 5.87. The Labute approximate surface area is 193 Å². The molecule has 4 aliphatic rings. The zero-order valence-electron chi connectivity index (χ0n) is 18.2. The van der Waals surface area contributed by atoms with Crippen LogP contribution in [0.1, 0.15) is 38.2 Å². The molecular weight excluding hydrogens is 416 g/mol. The van der Waals surface area contributed by atoms with Gasteiger partial charge < -0.3 is 4.74 Å². The Morgan fingerprint density at radius 3 is 2.87 bits per heavy atom. The molecule has 1 nitrogen and oxygen atoms in total. The van der Waals surface area contributed by atoms with E-state index in [4.69, 9.17) is 4.74 Å². The fourth-order valence-electron chi connectivity index (χ4n) is 5.72. The predicted molar refractivity (Wildman–Crippen MR) is 135 cm³/mol. The van der Waals surface area contributed by atoms with E-state index in [9.17, 15) is 0 Å². The highest BCUT2D eigenvalue weighted by atomic mass is 32.2. The minimum Gasteiger partial charge on any atom is -0.381 e. The van der Waals surface area contributed by atoms with Crippen LogP contribution < -0.4 is 0 Å². The summed E-state index contributed by atoms with van der Waals surface area (Å²) < 4.78 is 5.87. The number of hydrogen-bond donors (Lipinski definition) is 0. The summed E-state index contributed by atoms with van der Waals surface area (Å²) in [6.07, 6.45) is 12.0. The van der Waals surface area contributed by atoms with Crippen LogP contribution in [0.2, 0.25) is 0 Å². The molecular formula is C28H28OS2. The van der Waals surface area contributed by atoms with Crippen LogP contribution in [0.3, 0.4) is 0 Å². The van der Waals surface area contributed by atoms with Crippen molar-refractivity contribution < 1.29 is 4.74 Å². The molecule has 0 unspecified atom stereocenters. The maximum Gasteiger partial charge on any atom is 0.0615 e. The van der Waals surface area contributed by atoms with Gasteiger partial charge >= 0.3 is 0 Å². The zero-order valence-corrected chi connectivity index (χ0v) is 19.8. The molecule has 0 amide bonds. The molecule has 0 N–H and O–H groups in total. The molecule has 0 radical (unpaired) electrons. The van der Waals surface area contributed by atoms with Crippen molar-refractivity contribution in [3.8, 4) is 0 Å². The van der Waals surface area contributed by atoms with Gasteiger partial charge in [-0.1, -0.05) is 67.2 Å². The molecule has 2 aliphatic heterocycles. The second-order valence-corrected chi connectivity index (χ2v) is 11.3. The van der Waals surface area contributed by atoms with Crippen molar-refractivity contribution in [2.24, 2.45) is 11.8 Å². The molecule has 0 aromatic heterocycles. The largest absolute Gasteiger partial charge is 0.381 e. The molecule has 0 saturated carbocycles. The Hall–Kier alpha value is -1.68. The second-order valence-electron chi connectivity index (χ2n) is 9.07. The Morgan fingerprint density at radius 1 is 1.06 bits per heavy atom. The lowest BCUT2D eigenvalue weighted by atomic mass is 9.74. The fraction of sp³-hybridized carbons (Fsp3) is 0.357. The van der Waals surface area contributed by atoms with Crippen LogP contribution in [0, 0.1) is 11.8 Å². The van der Waals surface area contributed by atoms with Gasteiger partial charge in [-0.05, 0) is 75.6 Å². The van der Waals surface area contributed by atoms with Gasteiger partial charge in [-0.15, -0.1) is 11.8 Å². The van der Waals surface area contributed by atoms with Crippen molar-refractivity contribution in [2.75, 3.05) is 12.9 Å². The Kier molecular flexibility index (Phi) is 5.17. The van der Waals surface area contributed by atoms with Gasteiger partial charge in [0.05, 0.1) is 6.10 Å². The van der Waals surface area contributed by atoms with E-state index < -0.39 is 0 Å². The molecule has 2 heterocycles. The quantitative estimate of drug-likeness (QED) is 0.441. The number of benzene rings is 2. The van der Waals surface area contributed by atoms with Crippen molar-refractivity contribution in [1.29, 1.82) is 0 Å². The van der Waals surface area contributed by atoms with Crippen molar-refractivity contribution in [2.45, 2.75) is 43.6 Å². The summed E-state index contributed by atoms with van der Waals surface area (Å²) in [5, 5.41) is 2.77. The smallest absolute Gasteiger partial charge is 0.0615 e. The highest BCUT2D eigenvalue weighted by Crippen LogP contribution is 2.57. The van der Waals surface area contributed by atoms with Gasteiger partial charge in [0.25, 0.3) is 0 Å². The average molecular weight is 445 g/mol. The van der Waals surface area contributed by atoms with Crippen LogP contribution >= 0.6 is 23.5 Å². The molecule has 0 saturated heterocycles. The average Bonchev–Trinajstić information content (AvgIpc) is 2.82. The molecule has 6 rings (SSSR count). The van der Waals surface area contributed by atoms with Crippen molar-refractivity contribution in [3.63, 3.8) is 0 Å². The van der Waals surface area contributed by atoms with Gasteiger partial charge in [0.1, 0.15) is 0 Å². The lowest BCUT2D eigenvalue weighted by Gasteiger charge is -2.41. The van der Waals surface area contributed by atoms with E-state index in [1.807, 2.05) is 30.6 Å². The number of hydrogen-bond acceptors (Lipinski definition) is 3. The normalized spacial score (nSPS) is 30.0. The molecule has 3 heteroatoms. The lowest BCUT2D eigenvalue weighted by molar-refractivity contribution is 0.0866. The first kappa shape index (κ1) is 20.0. The van der Waals surface area contributed by atoms with E-state index >= 15 is 0 Å². The van der Waals surface area contributed by atoms with E-state index in [-0.39, 0.29) is 0 Å². The topological polar surface area (TPSA) is 9.23 Å². The van der Waals surface area contributed by atoms with Gasteiger partial charge in [0, 0.05) is 28.6 Å². The SMILES string of the molecule is CO[C@H]1CC=C2SC3=C(CCC=C3)/C(=C3/c4c(ccc5ccccc45)SC[C@@H]3C)[C@H]2C1. The predicted octanol–water partition coefficient (Wildman–Crippen LogP) is 8.00. The molecule has 0 spiro atoms. The number of allylic oxidation sites excluding steroid dienone is 6. The van der Waals surface area contributed by atoms with Gasteiger partial charge in [-0.2, -0.15) is 0 Å². The summed E-state index contributed by atoms with van der Waals surface area (Å²) in [4.78, 5) is 4.49. The zero-order chi connectivity index (χ0) is 20.9. The third-order valence-electron chi connectivity index (χ3n) is 7.22. The summed E-state index contributed by atoms with van der Waals surface area (Å²) in [7, 11) is 1.88. The number of methoxy groups -OCH3 is 1. The van der Waals surface area contributed by atoms with Crippen LogP contribution in [0.25, 0.3) is 16.3 Å². The van der Waals surface area contributed by atoms with Crippen LogP contribution in [-0.4, -0.2) is 19.0 Å². The maximum absolute atomic E-state index is 5.87. The summed E-state index contributed by atoms with van der Waals surface area (Å²) >= 11 is 4.06. The first-order chi connectivity index (χ1) is 15.2. The van der Waals surface area contributed by atoms with Crippen molar-refractivity contribution >= 4 is 39.9 Å². The monoisotopic (exact) mass is 444 g/mol. The number of ether oxygens (including phenoxy) is 1. The first-order valence-corrected chi connectivity index (χ1v) is 13.2. The molecule has 2 aromatic rings. The summed E-state index contributed by atoms with van der Waals surface area (Å²) in [5.41, 5.74) is 6.36. The second kappa shape index (κ2) is 8.03. The van der Waals surface area contributed by atoms with Gasteiger partial charge in [-0.25, -0.2) is 0 Å². The molecule has 2 aliphatic carbocycles. The van der Waals surface area contributed by atoms with Crippen LogP contribution in [0.4, 0.5) is 0 Å². The number of fused-ring (bicyclic) bond motifs is 4. The summed E-state index contributed by atoms with van der Waals surface area (Å²) in [6.45, 7) is 2.45. The highest BCUT2D eigenvalue weighted by molar-refractivity contribution is 8.07. The Morgan fingerprint density at radius 2 is 1.97 bits per heavy atom. The van der Waals surface area contributed by atoms with Crippen LogP contribution in [-0.2, 0) is 4.74 Å². The molecule has 0 bridgehead atoms. The van der Waals surface area contributed by atoms with Gasteiger partial charge in [0.15, 0.2) is 0 Å². The van der Waals surface area contributed by atoms with E-state index in [1.165, 1.54) is 32.6 Å². The Balaban J connectivity index is 1.68. The highest BCUT2D eigenvalue weighted by Gasteiger charge is 2.39. The van der Waals surface area contributed by atoms with E-state index in [1.54, 1.807) is 21.6 Å². The molecule has 158 valence electrons. The number of thioether (sulfide) groups is 2. The van der Waals surface area contributed by atoms with Crippen LogP contribution in [0.15, 0.2) is 80.5 Å². The lowest BCUT2D eigenvalue weighted by Crippen LogP contribution is -2.27. The fourth-order valence-corrected chi connectivity index (χ4v) is 8.13. The van der Waals surface area contributed by atoms with Crippen molar-refractivity contribution in [1.82, 2.24) is 0 Å². The van der Waals surface area contributed by atoms with Crippen LogP contribution in [0.5, 0.6) is 0 Å². The van der Waals surface area contributed by atoms with E-state index in [0.29, 0.717) is 17.9 Å². The number of rotatable bonds is 1. The third-order valence-corrected chi connectivity index (χ3v) is 9.83. The standard InChI is InChI=1S/C28H28OS2/c1-17-16-30-25-13-11-18-7-3-4-8-20(18)28(25)26(17)27-21-9-5-6-10-23(21)31-24-14-12-19(29-2)15-22(24)27/h3-4,6-8,10-11,13-14,17,19,22H,5,9,12,15-16H2,1-2H3/b27-26-/t17-,19-,22-/m0/s1. The van der Waals surface area contributed by atoms with Crippen molar-refractivity contribution in [3.05, 3.63) is 81.1 Å².